The fourth-order valence-corrected chi connectivity index (χ4v) is 2.61. The van der Waals surface area contributed by atoms with Crippen LogP contribution in [0.3, 0.4) is 0 Å². The molecule has 5 nitrogen and oxygen atoms in total. The lowest BCUT2D eigenvalue weighted by Crippen LogP contribution is -2.28. The van der Waals surface area contributed by atoms with Crippen molar-refractivity contribution in [1.29, 1.82) is 0 Å². The molecule has 0 fully saturated rings. The zero-order chi connectivity index (χ0) is 18.7. The molecule has 0 spiro atoms. The molecule has 3 rings (SSSR count). The van der Waals surface area contributed by atoms with E-state index < -0.39 is 12.1 Å². The summed E-state index contributed by atoms with van der Waals surface area (Å²) in [5.74, 6) is -0.229. The van der Waals surface area contributed by atoms with Crippen LogP contribution in [-0.2, 0) is 9.53 Å². The highest BCUT2D eigenvalue weighted by Gasteiger charge is 2.23. The Kier molecular flexibility index (Phi) is 5.07. The summed E-state index contributed by atoms with van der Waals surface area (Å²) in [6.07, 6.45) is -0.928. The van der Waals surface area contributed by atoms with Gasteiger partial charge in [0, 0.05) is 5.56 Å². The molecule has 0 radical (unpaired) electrons. The van der Waals surface area contributed by atoms with Crippen LogP contribution in [0.4, 0.5) is 0 Å². The molecule has 0 saturated carbocycles. The van der Waals surface area contributed by atoms with Crippen LogP contribution in [0.5, 0.6) is 5.75 Å². The zero-order valence-electron chi connectivity index (χ0n) is 14.9. The summed E-state index contributed by atoms with van der Waals surface area (Å²) in [7, 11) is 0. The van der Waals surface area contributed by atoms with E-state index in [1.165, 1.54) is 0 Å². The third kappa shape index (κ3) is 3.47. The Morgan fingerprint density at radius 3 is 2.50 bits per heavy atom. The normalized spacial score (nSPS) is 12.0. The highest BCUT2D eigenvalue weighted by Crippen LogP contribution is 2.31. The van der Waals surface area contributed by atoms with Crippen molar-refractivity contribution in [2.75, 3.05) is 6.61 Å². The minimum atomic E-state index is -0.928. The van der Waals surface area contributed by atoms with E-state index in [1.807, 2.05) is 31.2 Å². The van der Waals surface area contributed by atoms with Crippen LogP contribution in [0.25, 0.3) is 22.3 Å². The monoisotopic (exact) mass is 352 g/mol. The van der Waals surface area contributed by atoms with Gasteiger partial charge in [-0.3, -0.25) is 4.79 Å². The van der Waals surface area contributed by atoms with Gasteiger partial charge in [0.1, 0.15) is 5.58 Å². The van der Waals surface area contributed by atoms with Crippen LogP contribution in [0, 0.1) is 6.92 Å². The smallest absolute Gasteiger partial charge is 0.347 e. The van der Waals surface area contributed by atoms with E-state index in [0.29, 0.717) is 22.3 Å². The Bertz CT molecular complexity index is 985. The van der Waals surface area contributed by atoms with Crippen LogP contribution < -0.4 is 10.2 Å². The number of carbonyl (C=O) groups excluding carboxylic acids is 1. The summed E-state index contributed by atoms with van der Waals surface area (Å²) in [4.78, 5) is 24.9. The topological polar surface area (TPSA) is 65.7 Å². The van der Waals surface area contributed by atoms with E-state index in [-0.39, 0.29) is 17.8 Å². The molecular formula is C21H20O5. The lowest BCUT2D eigenvalue weighted by Gasteiger charge is -2.16. The second kappa shape index (κ2) is 7.44. The molecule has 0 aliphatic rings. The Morgan fingerprint density at radius 2 is 1.81 bits per heavy atom. The van der Waals surface area contributed by atoms with Crippen molar-refractivity contribution in [2.24, 2.45) is 0 Å². The first kappa shape index (κ1) is 17.7. The fraction of sp³-hybridized carbons (Fsp3) is 0.238. The van der Waals surface area contributed by atoms with Gasteiger partial charge in [-0.25, -0.2) is 4.79 Å². The number of esters is 1. The van der Waals surface area contributed by atoms with Gasteiger partial charge in [0.2, 0.25) is 11.2 Å². The van der Waals surface area contributed by atoms with Crippen LogP contribution in [0.15, 0.2) is 57.7 Å². The number of hydrogen-bond acceptors (Lipinski definition) is 5. The first-order valence-electron chi connectivity index (χ1n) is 8.47. The van der Waals surface area contributed by atoms with E-state index in [9.17, 15) is 9.59 Å². The minimum absolute atomic E-state index is 0.00751. The summed E-state index contributed by atoms with van der Waals surface area (Å²) in [6, 6.07) is 14.5. The molecule has 0 bridgehead atoms. The molecular weight excluding hydrogens is 332 g/mol. The van der Waals surface area contributed by atoms with Gasteiger partial charge >= 0.3 is 5.97 Å². The molecule has 0 aliphatic heterocycles. The summed E-state index contributed by atoms with van der Waals surface area (Å²) >= 11 is 0. The molecule has 2 aromatic carbocycles. The predicted molar refractivity (Wildman–Crippen MR) is 99.4 cm³/mol. The third-order valence-electron chi connectivity index (χ3n) is 3.98. The van der Waals surface area contributed by atoms with Gasteiger partial charge < -0.3 is 13.9 Å². The summed E-state index contributed by atoms with van der Waals surface area (Å²) < 4.78 is 16.6. The standard InChI is InChI=1S/C21H20O5/c1-4-24-21(23)14(3)25-20-18(22)16-7-5-6-8-17(16)26-19(20)15-11-9-13(2)10-12-15/h5-12,14H,4H2,1-3H3. The largest absolute Gasteiger partial charge is 0.471 e. The zero-order valence-corrected chi connectivity index (χ0v) is 14.9. The van der Waals surface area contributed by atoms with Crippen molar-refractivity contribution in [1.82, 2.24) is 0 Å². The maximum Gasteiger partial charge on any atom is 0.347 e. The Morgan fingerprint density at radius 1 is 1.12 bits per heavy atom. The van der Waals surface area contributed by atoms with Crippen molar-refractivity contribution in [3.8, 4) is 17.1 Å². The van der Waals surface area contributed by atoms with Crippen LogP contribution in [0.2, 0.25) is 0 Å². The summed E-state index contributed by atoms with van der Waals surface area (Å²) in [5.41, 5.74) is 1.92. The quantitative estimate of drug-likeness (QED) is 0.647. The third-order valence-corrected chi connectivity index (χ3v) is 3.98. The molecule has 0 saturated heterocycles. The molecule has 1 atom stereocenters. The van der Waals surface area contributed by atoms with Crippen LogP contribution >= 0.6 is 0 Å². The van der Waals surface area contributed by atoms with Gasteiger partial charge in [-0.15, -0.1) is 0 Å². The molecule has 5 heteroatoms. The molecule has 1 aromatic heterocycles. The fourth-order valence-electron chi connectivity index (χ4n) is 2.61. The van der Waals surface area contributed by atoms with Gasteiger partial charge in [-0.1, -0.05) is 42.0 Å². The Hall–Kier alpha value is -3.08. The summed E-state index contributed by atoms with van der Waals surface area (Å²) in [5, 5.41) is 0.398. The number of hydrogen-bond donors (Lipinski definition) is 0. The second-order valence-electron chi connectivity index (χ2n) is 5.96. The highest BCUT2D eigenvalue weighted by atomic mass is 16.6. The number of ether oxygens (including phenoxy) is 2. The van der Waals surface area contributed by atoms with Gasteiger partial charge in [0.25, 0.3) is 0 Å². The van der Waals surface area contributed by atoms with E-state index >= 15 is 0 Å². The van der Waals surface area contributed by atoms with Gasteiger partial charge in [0.05, 0.1) is 12.0 Å². The number of fused-ring (bicyclic) bond motifs is 1. The number of rotatable bonds is 5. The lowest BCUT2D eigenvalue weighted by atomic mass is 10.1. The van der Waals surface area contributed by atoms with E-state index in [0.717, 1.165) is 5.56 Å². The van der Waals surface area contributed by atoms with Crippen molar-refractivity contribution in [3.05, 3.63) is 64.3 Å². The van der Waals surface area contributed by atoms with Gasteiger partial charge in [-0.05, 0) is 32.9 Å². The maximum atomic E-state index is 13.0. The SMILES string of the molecule is CCOC(=O)C(C)Oc1c(-c2ccc(C)cc2)oc2ccccc2c1=O. The van der Waals surface area contributed by atoms with Gasteiger partial charge in [-0.2, -0.15) is 0 Å². The molecule has 1 unspecified atom stereocenters. The number of para-hydroxylation sites is 1. The van der Waals surface area contributed by atoms with E-state index in [4.69, 9.17) is 13.9 Å². The molecule has 3 aromatic rings. The predicted octanol–water partition coefficient (Wildman–Crippen LogP) is 4.10. The first-order valence-corrected chi connectivity index (χ1v) is 8.47. The molecule has 134 valence electrons. The summed E-state index contributed by atoms with van der Waals surface area (Å²) in [6.45, 7) is 5.47. The highest BCUT2D eigenvalue weighted by molar-refractivity contribution is 5.82. The van der Waals surface area contributed by atoms with Crippen LogP contribution in [-0.4, -0.2) is 18.7 Å². The molecule has 0 N–H and O–H groups in total. The molecule has 0 amide bonds. The lowest BCUT2D eigenvalue weighted by molar-refractivity contribution is -0.150. The van der Waals surface area contributed by atoms with Crippen molar-refractivity contribution < 1.29 is 18.7 Å². The average Bonchev–Trinajstić information content (AvgIpc) is 2.64. The van der Waals surface area contributed by atoms with Crippen LogP contribution in [0.1, 0.15) is 19.4 Å². The Labute approximate surface area is 151 Å². The van der Waals surface area contributed by atoms with Crippen molar-refractivity contribution in [3.63, 3.8) is 0 Å². The molecule has 26 heavy (non-hydrogen) atoms. The maximum absolute atomic E-state index is 13.0. The number of benzene rings is 2. The Balaban J connectivity index is 2.16. The van der Waals surface area contributed by atoms with Crippen molar-refractivity contribution >= 4 is 16.9 Å². The van der Waals surface area contributed by atoms with Gasteiger partial charge in [0.15, 0.2) is 11.9 Å². The van der Waals surface area contributed by atoms with Crippen molar-refractivity contribution in [2.45, 2.75) is 26.9 Å². The first-order chi connectivity index (χ1) is 12.5. The molecule has 1 heterocycles. The number of aryl methyl sites for hydroxylation is 1. The van der Waals surface area contributed by atoms with E-state index in [2.05, 4.69) is 0 Å². The number of carbonyl (C=O) groups is 1. The second-order valence-corrected chi connectivity index (χ2v) is 5.96. The molecule has 0 aliphatic carbocycles. The van der Waals surface area contributed by atoms with E-state index in [1.54, 1.807) is 38.1 Å². The average molecular weight is 352 g/mol. The minimum Gasteiger partial charge on any atom is -0.471 e.